The van der Waals surface area contributed by atoms with Gasteiger partial charge >= 0.3 is 0 Å². The van der Waals surface area contributed by atoms with Crippen LogP contribution in [0.25, 0.3) is 0 Å². The maximum absolute atomic E-state index is 12.4. The minimum atomic E-state index is 0.222. The van der Waals surface area contributed by atoms with E-state index in [9.17, 15) is 4.79 Å². The number of benzene rings is 1. The van der Waals surface area contributed by atoms with Gasteiger partial charge < -0.3 is 5.32 Å². The monoisotopic (exact) mass is 298 g/mol. The van der Waals surface area contributed by atoms with E-state index < -0.39 is 0 Å². The number of piperidine rings is 2. The second-order valence-corrected chi connectivity index (χ2v) is 7.33. The van der Waals surface area contributed by atoms with Crippen molar-refractivity contribution in [2.75, 3.05) is 25.0 Å². The Kier molecular flexibility index (Phi) is 3.69. The molecule has 0 amide bonds. The van der Waals surface area contributed by atoms with Crippen molar-refractivity contribution < 1.29 is 4.79 Å². The first kappa shape index (κ1) is 14.3. The molecular formula is C19H26N2O. The van der Waals surface area contributed by atoms with Gasteiger partial charge in [-0.15, -0.1) is 0 Å². The first-order valence-corrected chi connectivity index (χ1v) is 8.85. The zero-order chi connectivity index (χ0) is 15.1. The Bertz CT molecular complexity index is 570. The molecule has 3 nitrogen and oxygen atoms in total. The van der Waals surface area contributed by atoms with Crippen LogP contribution < -0.4 is 5.32 Å². The summed E-state index contributed by atoms with van der Waals surface area (Å²) >= 11 is 0. The van der Waals surface area contributed by atoms with Crippen molar-refractivity contribution in [1.82, 2.24) is 4.90 Å². The fraction of sp³-hybridized carbons (Fsp3) is 0.632. The van der Waals surface area contributed by atoms with E-state index in [2.05, 4.69) is 41.4 Å². The Labute approximate surface area is 133 Å². The van der Waals surface area contributed by atoms with E-state index in [1.165, 1.54) is 17.7 Å². The van der Waals surface area contributed by atoms with Crippen LogP contribution in [-0.4, -0.2) is 36.4 Å². The summed E-state index contributed by atoms with van der Waals surface area (Å²) < 4.78 is 0. The molecule has 1 saturated carbocycles. The van der Waals surface area contributed by atoms with Crippen molar-refractivity contribution in [2.45, 2.75) is 44.6 Å². The summed E-state index contributed by atoms with van der Waals surface area (Å²) in [6.07, 6.45) is 4.43. The fourth-order valence-electron chi connectivity index (χ4n) is 4.95. The highest BCUT2D eigenvalue weighted by atomic mass is 16.1. The number of nitrogens with one attached hydrogen (secondary N) is 1. The summed E-state index contributed by atoms with van der Waals surface area (Å²) in [6.45, 7) is 5.51. The van der Waals surface area contributed by atoms with Crippen molar-refractivity contribution in [3.05, 3.63) is 29.8 Å². The Balaban J connectivity index is 1.43. The summed E-state index contributed by atoms with van der Waals surface area (Å²) in [4.78, 5) is 14.9. The predicted molar refractivity (Wildman–Crippen MR) is 89.2 cm³/mol. The molecule has 5 rings (SSSR count). The predicted octanol–water partition coefficient (Wildman–Crippen LogP) is 3.28. The molecule has 0 aromatic heterocycles. The number of nitrogens with zero attached hydrogens (tertiary/aromatic N) is 1. The molecule has 0 radical (unpaired) electrons. The fourth-order valence-corrected chi connectivity index (χ4v) is 4.95. The van der Waals surface area contributed by atoms with Gasteiger partial charge in [0.15, 0.2) is 5.78 Å². The third-order valence-electron chi connectivity index (χ3n) is 6.02. The molecule has 1 aromatic rings. The Hall–Kier alpha value is -1.35. The third kappa shape index (κ3) is 2.36. The lowest BCUT2D eigenvalue weighted by Gasteiger charge is -2.49. The molecule has 22 heavy (non-hydrogen) atoms. The van der Waals surface area contributed by atoms with Crippen molar-refractivity contribution in [2.24, 2.45) is 11.8 Å². The number of hydrogen-bond acceptors (Lipinski definition) is 3. The van der Waals surface area contributed by atoms with Gasteiger partial charge in [0.1, 0.15) is 0 Å². The lowest BCUT2D eigenvalue weighted by atomic mass is 9.71. The summed E-state index contributed by atoms with van der Waals surface area (Å²) in [5.74, 6) is 2.34. The maximum Gasteiger partial charge on any atom is 0.150 e. The first-order valence-electron chi connectivity index (χ1n) is 8.85. The molecule has 4 unspecified atom stereocenters. The molecule has 2 saturated heterocycles. The number of para-hydroxylation sites is 1. The van der Waals surface area contributed by atoms with Gasteiger partial charge in [0.2, 0.25) is 0 Å². The van der Waals surface area contributed by atoms with Gasteiger partial charge in [0, 0.05) is 31.1 Å². The molecule has 1 N–H and O–H groups in total. The topological polar surface area (TPSA) is 32.3 Å². The van der Waals surface area contributed by atoms with Gasteiger partial charge in [0.25, 0.3) is 0 Å². The third-order valence-corrected chi connectivity index (χ3v) is 6.02. The second kappa shape index (κ2) is 5.69. The van der Waals surface area contributed by atoms with Crippen LogP contribution in [-0.2, 0) is 4.79 Å². The minimum Gasteiger partial charge on any atom is -0.384 e. The van der Waals surface area contributed by atoms with E-state index in [1.807, 2.05) is 0 Å². The molecule has 4 aliphatic rings. The van der Waals surface area contributed by atoms with Crippen LogP contribution >= 0.6 is 0 Å². The molecule has 3 heteroatoms. The van der Waals surface area contributed by atoms with Crippen molar-refractivity contribution in [1.29, 1.82) is 0 Å². The maximum atomic E-state index is 12.4. The highest BCUT2D eigenvalue weighted by Gasteiger charge is 2.45. The van der Waals surface area contributed by atoms with Crippen LogP contribution in [0.5, 0.6) is 0 Å². The SMILES string of the molecule is CCC1CC2CC(=O)C1N(CCC1CNc3ccccc31)C2. The number of hydrogen-bond donors (Lipinski definition) is 1. The number of ketones is 1. The first-order chi connectivity index (χ1) is 10.8. The normalized spacial score (nSPS) is 33.8. The van der Waals surface area contributed by atoms with E-state index in [-0.39, 0.29) is 6.04 Å². The highest BCUT2D eigenvalue weighted by molar-refractivity contribution is 5.86. The summed E-state index contributed by atoms with van der Waals surface area (Å²) in [5, 5.41) is 3.52. The molecule has 3 heterocycles. The Morgan fingerprint density at radius 1 is 1.32 bits per heavy atom. The zero-order valence-electron chi connectivity index (χ0n) is 13.4. The number of carbonyl (C=O) groups is 1. The van der Waals surface area contributed by atoms with Gasteiger partial charge in [-0.2, -0.15) is 0 Å². The second-order valence-electron chi connectivity index (χ2n) is 7.33. The van der Waals surface area contributed by atoms with Crippen molar-refractivity contribution >= 4 is 11.5 Å². The van der Waals surface area contributed by atoms with Gasteiger partial charge in [0.05, 0.1) is 6.04 Å². The zero-order valence-corrected chi connectivity index (χ0v) is 13.4. The van der Waals surface area contributed by atoms with Gasteiger partial charge in [-0.25, -0.2) is 0 Å². The summed E-state index contributed by atoms with van der Waals surface area (Å²) in [7, 11) is 0. The molecule has 0 spiro atoms. The number of Topliss-reactive ketones (excluding diaryl/α,β-unsaturated/α-hetero) is 1. The van der Waals surface area contributed by atoms with Crippen LogP contribution in [0.3, 0.4) is 0 Å². The van der Waals surface area contributed by atoms with Gasteiger partial charge in [-0.1, -0.05) is 31.5 Å². The molecule has 3 fully saturated rings. The van der Waals surface area contributed by atoms with E-state index in [1.54, 1.807) is 0 Å². The molecule has 118 valence electrons. The average molecular weight is 298 g/mol. The Morgan fingerprint density at radius 3 is 3.00 bits per heavy atom. The quantitative estimate of drug-likeness (QED) is 0.926. The molecule has 4 atom stereocenters. The van der Waals surface area contributed by atoms with E-state index >= 15 is 0 Å². The number of anilines is 1. The van der Waals surface area contributed by atoms with E-state index in [4.69, 9.17) is 0 Å². The largest absolute Gasteiger partial charge is 0.384 e. The molecule has 1 aromatic carbocycles. The number of carbonyl (C=O) groups excluding carboxylic acids is 1. The smallest absolute Gasteiger partial charge is 0.150 e. The van der Waals surface area contributed by atoms with Crippen LogP contribution in [0.1, 0.15) is 44.1 Å². The average Bonchev–Trinajstić information content (AvgIpc) is 2.95. The number of rotatable bonds is 4. The lowest BCUT2D eigenvalue weighted by Crippen LogP contribution is -2.58. The highest BCUT2D eigenvalue weighted by Crippen LogP contribution is 2.40. The standard InChI is InChI=1S/C19H26N2O/c1-2-14-9-13-10-18(22)19(14)21(12-13)8-7-15-11-20-17-6-4-3-5-16(15)17/h3-6,13-15,19-20H,2,7-12H2,1H3. The van der Waals surface area contributed by atoms with Crippen molar-refractivity contribution in [3.8, 4) is 0 Å². The van der Waals surface area contributed by atoms with Crippen LogP contribution in [0, 0.1) is 11.8 Å². The Morgan fingerprint density at radius 2 is 2.18 bits per heavy atom. The van der Waals surface area contributed by atoms with Crippen LogP contribution in [0.15, 0.2) is 24.3 Å². The van der Waals surface area contributed by atoms with E-state index in [0.29, 0.717) is 23.5 Å². The molecular weight excluding hydrogens is 272 g/mol. The lowest BCUT2D eigenvalue weighted by molar-refractivity contribution is -0.137. The summed E-state index contributed by atoms with van der Waals surface area (Å²) in [6, 6.07) is 8.89. The summed E-state index contributed by atoms with van der Waals surface area (Å²) in [5.41, 5.74) is 2.76. The molecule has 3 aliphatic heterocycles. The van der Waals surface area contributed by atoms with Crippen LogP contribution in [0.4, 0.5) is 5.69 Å². The number of fused-ring (bicyclic) bond motifs is 4. The molecule has 2 bridgehead atoms. The van der Waals surface area contributed by atoms with Gasteiger partial charge in [-0.3, -0.25) is 9.69 Å². The minimum absolute atomic E-state index is 0.222. The van der Waals surface area contributed by atoms with Crippen LogP contribution in [0.2, 0.25) is 0 Å². The van der Waals surface area contributed by atoms with Gasteiger partial charge in [-0.05, 0) is 42.9 Å². The molecule has 1 aliphatic carbocycles. The van der Waals surface area contributed by atoms with Crippen molar-refractivity contribution in [3.63, 3.8) is 0 Å². The van der Waals surface area contributed by atoms with E-state index in [0.717, 1.165) is 38.9 Å².